The van der Waals surface area contributed by atoms with E-state index in [0.717, 1.165) is 80.2 Å². The van der Waals surface area contributed by atoms with Gasteiger partial charge in [0.15, 0.2) is 0 Å². The summed E-state index contributed by atoms with van der Waals surface area (Å²) >= 11 is 0. The number of carbonyl (C=O) groups excluding carboxylic acids is 1. The molecule has 1 aliphatic rings. The largest absolute Gasteiger partial charge is 0.496 e. The second-order valence-electron chi connectivity index (χ2n) is 11.2. The molecule has 1 atom stereocenters. The Morgan fingerprint density at radius 2 is 1.89 bits per heavy atom. The fourth-order valence-electron chi connectivity index (χ4n) is 5.17. The van der Waals surface area contributed by atoms with Crippen molar-refractivity contribution in [2.45, 2.75) is 84.6 Å². The van der Waals surface area contributed by atoms with E-state index < -0.39 is 0 Å². The van der Waals surface area contributed by atoms with Crippen molar-refractivity contribution >= 4 is 11.6 Å². The number of rotatable bonds is 11. The van der Waals surface area contributed by atoms with Gasteiger partial charge in [0, 0.05) is 31.7 Å². The molecule has 36 heavy (non-hydrogen) atoms. The van der Waals surface area contributed by atoms with Crippen molar-refractivity contribution in [1.82, 2.24) is 4.90 Å². The van der Waals surface area contributed by atoms with Gasteiger partial charge in [0.1, 0.15) is 5.75 Å². The average molecular weight is 495 g/mol. The third-order valence-electron chi connectivity index (χ3n) is 7.15. The lowest BCUT2D eigenvalue weighted by atomic mass is 9.84. The van der Waals surface area contributed by atoms with Gasteiger partial charge in [-0.25, -0.2) is 0 Å². The van der Waals surface area contributed by atoms with E-state index in [4.69, 9.17) is 9.47 Å². The molecule has 2 aromatic rings. The molecular formula is C31H46N2O3. The van der Waals surface area contributed by atoms with Crippen molar-refractivity contribution in [3.63, 3.8) is 0 Å². The Balaban J connectivity index is 1.82. The number of hydrogen-bond donors (Lipinski definition) is 1. The van der Waals surface area contributed by atoms with E-state index in [1.165, 1.54) is 12.0 Å². The Labute approximate surface area is 218 Å². The summed E-state index contributed by atoms with van der Waals surface area (Å²) in [6, 6.07) is 12.8. The van der Waals surface area contributed by atoms with Crippen molar-refractivity contribution in [2.24, 2.45) is 0 Å². The molecule has 1 fully saturated rings. The van der Waals surface area contributed by atoms with Crippen LogP contribution in [0, 0.1) is 6.92 Å². The van der Waals surface area contributed by atoms with Crippen LogP contribution in [0.5, 0.6) is 5.75 Å². The number of methoxy groups -OCH3 is 1. The summed E-state index contributed by atoms with van der Waals surface area (Å²) in [5, 5.41) is 3.31. The molecule has 2 aromatic carbocycles. The minimum Gasteiger partial charge on any atom is -0.496 e. The maximum atomic E-state index is 13.5. The van der Waals surface area contributed by atoms with Crippen LogP contribution in [0.4, 0.5) is 5.69 Å². The van der Waals surface area contributed by atoms with Gasteiger partial charge in [0.2, 0.25) is 5.91 Å². The van der Waals surface area contributed by atoms with Gasteiger partial charge in [0.05, 0.1) is 20.3 Å². The van der Waals surface area contributed by atoms with Crippen LogP contribution in [-0.2, 0) is 21.5 Å². The first-order valence-electron chi connectivity index (χ1n) is 13.6. The Morgan fingerprint density at radius 3 is 2.56 bits per heavy atom. The quantitative estimate of drug-likeness (QED) is 0.348. The summed E-state index contributed by atoms with van der Waals surface area (Å²) < 4.78 is 11.3. The van der Waals surface area contributed by atoms with Crippen molar-refractivity contribution in [3.05, 3.63) is 58.7 Å². The first-order valence-corrected chi connectivity index (χ1v) is 13.6. The summed E-state index contributed by atoms with van der Waals surface area (Å²) in [7, 11) is 1.73. The molecule has 1 heterocycles. The Bertz CT molecular complexity index is 990. The number of hydrogen-bond acceptors (Lipinski definition) is 4. The van der Waals surface area contributed by atoms with Gasteiger partial charge >= 0.3 is 0 Å². The van der Waals surface area contributed by atoms with Crippen LogP contribution in [-0.4, -0.2) is 44.2 Å². The molecule has 0 aromatic heterocycles. The number of nitrogens with zero attached hydrogens (tertiary/aromatic N) is 1. The lowest BCUT2D eigenvalue weighted by molar-refractivity contribution is -0.116. The number of morpholine rings is 1. The number of carbonyl (C=O) groups is 1. The average Bonchev–Trinajstić information content (AvgIpc) is 2.83. The van der Waals surface area contributed by atoms with E-state index in [1.807, 2.05) is 0 Å². The molecule has 3 rings (SSSR count). The molecule has 1 amide bonds. The molecule has 198 valence electrons. The normalized spacial score (nSPS) is 15.5. The monoisotopic (exact) mass is 494 g/mol. The van der Waals surface area contributed by atoms with Crippen LogP contribution in [0.1, 0.15) is 88.0 Å². The van der Waals surface area contributed by atoms with Gasteiger partial charge in [-0.15, -0.1) is 0 Å². The maximum Gasteiger partial charge on any atom is 0.224 e. The molecule has 1 unspecified atom stereocenters. The predicted molar refractivity (Wildman–Crippen MR) is 149 cm³/mol. The van der Waals surface area contributed by atoms with E-state index >= 15 is 0 Å². The zero-order chi connectivity index (χ0) is 26.1. The standard InChI is InChI=1S/C31H46N2O3/c1-7-8-9-12-25(26-13-10-11-23(2)30(26)35-6)21-29(34)32-28-20-24(14-15-27(28)31(3,4)5)22-33-16-18-36-19-17-33/h10-11,13-15,20,25H,7-9,12,16-19,21-22H2,1-6H3,(H,32,34). The lowest BCUT2D eigenvalue weighted by Crippen LogP contribution is -2.35. The molecular weight excluding hydrogens is 448 g/mol. The van der Waals surface area contributed by atoms with Crippen molar-refractivity contribution in [3.8, 4) is 5.75 Å². The highest BCUT2D eigenvalue weighted by Gasteiger charge is 2.24. The Kier molecular flexibility index (Phi) is 10.4. The van der Waals surface area contributed by atoms with Crippen LogP contribution in [0.25, 0.3) is 0 Å². The lowest BCUT2D eigenvalue weighted by Gasteiger charge is -2.28. The molecule has 0 aliphatic carbocycles. The highest BCUT2D eigenvalue weighted by molar-refractivity contribution is 5.92. The van der Waals surface area contributed by atoms with Crippen molar-refractivity contribution in [1.29, 1.82) is 0 Å². The van der Waals surface area contributed by atoms with E-state index in [2.05, 4.69) is 81.2 Å². The second-order valence-corrected chi connectivity index (χ2v) is 11.2. The highest BCUT2D eigenvalue weighted by Crippen LogP contribution is 2.36. The number of ether oxygens (including phenoxy) is 2. The van der Waals surface area contributed by atoms with Crippen LogP contribution >= 0.6 is 0 Å². The van der Waals surface area contributed by atoms with E-state index in [1.54, 1.807) is 7.11 Å². The molecule has 1 saturated heterocycles. The fourth-order valence-corrected chi connectivity index (χ4v) is 5.17. The van der Waals surface area contributed by atoms with Gasteiger partial charge in [0.25, 0.3) is 0 Å². The van der Waals surface area contributed by atoms with Gasteiger partial charge < -0.3 is 14.8 Å². The molecule has 1 aliphatic heterocycles. The van der Waals surface area contributed by atoms with Crippen molar-refractivity contribution in [2.75, 3.05) is 38.7 Å². The Morgan fingerprint density at radius 1 is 1.14 bits per heavy atom. The summed E-state index contributed by atoms with van der Waals surface area (Å²) in [6.07, 6.45) is 4.86. The molecule has 5 heteroatoms. The number of unbranched alkanes of at least 4 members (excludes halogenated alkanes) is 2. The maximum absolute atomic E-state index is 13.5. The minimum absolute atomic E-state index is 0.0640. The number of para-hydroxylation sites is 1. The first kappa shape index (κ1) is 28.2. The summed E-state index contributed by atoms with van der Waals surface area (Å²) in [6.45, 7) is 15.2. The third-order valence-corrected chi connectivity index (χ3v) is 7.15. The topological polar surface area (TPSA) is 50.8 Å². The fraction of sp³-hybridized carbons (Fsp3) is 0.581. The molecule has 0 radical (unpaired) electrons. The van der Waals surface area contributed by atoms with Crippen LogP contribution in [0.15, 0.2) is 36.4 Å². The van der Waals surface area contributed by atoms with Gasteiger partial charge in [-0.1, -0.05) is 77.3 Å². The van der Waals surface area contributed by atoms with Gasteiger partial charge in [-0.3, -0.25) is 9.69 Å². The predicted octanol–water partition coefficient (Wildman–Crippen LogP) is 6.83. The number of amides is 1. The zero-order valence-corrected chi connectivity index (χ0v) is 23.3. The zero-order valence-electron chi connectivity index (χ0n) is 23.3. The van der Waals surface area contributed by atoms with Crippen LogP contribution < -0.4 is 10.1 Å². The summed E-state index contributed by atoms with van der Waals surface area (Å²) in [5.41, 5.74) is 5.50. The number of aryl methyl sites for hydroxylation is 1. The van der Waals surface area contributed by atoms with Gasteiger partial charge in [-0.05, 0) is 53.0 Å². The van der Waals surface area contributed by atoms with Gasteiger partial charge in [-0.2, -0.15) is 0 Å². The minimum atomic E-state index is -0.0691. The summed E-state index contributed by atoms with van der Waals surface area (Å²) in [4.78, 5) is 15.9. The van der Waals surface area contributed by atoms with Crippen LogP contribution in [0.3, 0.4) is 0 Å². The molecule has 0 bridgehead atoms. The van der Waals surface area contributed by atoms with Crippen LogP contribution in [0.2, 0.25) is 0 Å². The molecule has 1 N–H and O–H groups in total. The SMILES string of the molecule is CCCCCC(CC(=O)Nc1cc(CN2CCOCC2)ccc1C(C)(C)C)c1cccc(C)c1OC. The van der Waals surface area contributed by atoms with Crippen molar-refractivity contribution < 1.29 is 14.3 Å². The first-order chi connectivity index (χ1) is 17.2. The number of benzene rings is 2. The van der Waals surface area contributed by atoms with E-state index in [9.17, 15) is 4.79 Å². The molecule has 0 saturated carbocycles. The van der Waals surface area contributed by atoms with E-state index in [-0.39, 0.29) is 17.2 Å². The summed E-state index contributed by atoms with van der Waals surface area (Å²) in [5.74, 6) is 1.10. The van der Waals surface area contributed by atoms with E-state index in [0.29, 0.717) is 6.42 Å². The highest BCUT2D eigenvalue weighted by atomic mass is 16.5. The number of nitrogens with one attached hydrogen (secondary N) is 1. The molecule has 5 nitrogen and oxygen atoms in total. The Hall–Kier alpha value is -2.37. The second kappa shape index (κ2) is 13.3. The molecule has 0 spiro atoms. The number of anilines is 1. The third kappa shape index (κ3) is 7.81. The smallest absolute Gasteiger partial charge is 0.224 e.